The molecule has 1 heteroatoms. The molecule has 0 spiro atoms. The van der Waals surface area contributed by atoms with Crippen LogP contribution in [0.3, 0.4) is 0 Å². The average Bonchev–Trinajstić information content (AvgIpc) is 2.41. The van der Waals surface area contributed by atoms with E-state index in [1.807, 2.05) is 0 Å². The van der Waals surface area contributed by atoms with Crippen LogP contribution in [0.25, 0.3) is 0 Å². The minimum atomic E-state index is 0.627. The van der Waals surface area contributed by atoms with Gasteiger partial charge in [-0.25, -0.2) is 0 Å². The Balaban J connectivity index is 2.73. The normalized spacial score (nSPS) is 13.1. The van der Waals surface area contributed by atoms with Crippen molar-refractivity contribution < 1.29 is 0 Å². The first-order valence-electron chi connectivity index (χ1n) is 2.40. The lowest BCUT2D eigenvalue weighted by Crippen LogP contribution is -1.83. The van der Waals surface area contributed by atoms with Gasteiger partial charge in [0.2, 0.25) is 0 Å². The first-order chi connectivity index (χ1) is 3.47. The van der Waals surface area contributed by atoms with Gasteiger partial charge in [-0.15, -0.1) is 0 Å². The molecule has 1 aromatic carbocycles. The number of hydrogen-bond acceptors (Lipinski definition) is 0. The molecule has 0 radical (unpaired) electrons. The quantitative estimate of drug-likeness (QED) is 0.428. The smallest absolute Gasteiger partial charge is 0.0580 e. The summed E-state index contributed by atoms with van der Waals surface area (Å²) in [7, 11) is 0.627. The molecule has 0 aliphatic carbocycles. The first kappa shape index (κ1) is 3.63. The van der Waals surface area contributed by atoms with E-state index in [0.29, 0.717) is 8.58 Å². The lowest BCUT2D eigenvalue weighted by Gasteiger charge is -1.62. The molecule has 0 amide bonds. The number of fused-ring (bicyclic) bond motifs is 1. The fraction of sp³-hybridized carbons (Fsp3) is 0. The molecule has 2 rings (SSSR count). The van der Waals surface area contributed by atoms with Crippen molar-refractivity contribution in [1.29, 1.82) is 0 Å². The summed E-state index contributed by atoms with van der Waals surface area (Å²) in [5.74, 6) is 0. The average molecular weight is 109 g/mol. The van der Waals surface area contributed by atoms with Gasteiger partial charge in [-0.3, -0.25) is 0 Å². The number of hydrogen-bond donors (Lipinski definition) is 0. The minimum Gasteiger partial charge on any atom is -0.0580 e. The highest BCUT2D eigenvalue weighted by Crippen LogP contribution is 2.21. The monoisotopic (exact) mass is 109 g/mol. The lowest BCUT2D eigenvalue weighted by atomic mass is 10.4. The van der Waals surface area contributed by atoms with Crippen molar-refractivity contribution in [3.8, 4) is 0 Å². The van der Waals surface area contributed by atoms with Crippen LogP contribution >= 0.6 is 8.58 Å². The zero-order valence-corrected chi connectivity index (χ0v) is 5.04. The molecule has 0 unspecified atom stereocenters. The molecule has 0 saturated heterocycles. The maximum absolute atomic E-state index is 2.21. The van der Waals surface area contributed by atoms with Gasteiger partial charge in [0.15, 0.2) is 0 Å². The molecule has 1 aliphatic rings. The van der Waals surface area contributed by atoms with Crippen molar-refractivity contribution in [2.45, 2.75) is 0 Å². The van der Waals surface area contributed by atoms with Crippen LogP contribution in [0.1, 0.15) is 0 Å². The summed E-state index contributed by atoms with van der Waals surface area (Å²) in [4.78, 5) is 0. The summed E-state index contributed by atoms with van der Waals surface area (Å²) >= 11 is 0. The Labute approximate surface area is 44.3 Å². The molecule has 0 atom stereocenters. The maximum Gasteiger partial charge on any atom is 0.136 e. The van der Waals surface area contributed by atoms with Crippen LogP contribution in [0.15, 0.2) is 24.3 Å². The van der Waals surface area contributed by atoms with Crippen LogP contribution in [0, 0.1) is 0 Å². The van der Waals surface area contributed by atoms with E-state index in [1.54, 1.807) is 10.6 Å². The van der Waals surface area contributed by atoms with Crippen LogP contribution in [0.4, 0.5) is 0 Å². The molecule has 0 aromatic heterocycles. The Kier molecular flexibility index (Phi) is 0.558. The molecule has 1 heterocycles. The molecule has 1 aliphatic heterocycles. The topological polar surface area (TPSA) is 0 Å². The highest BCUT2D eigenvalue weighted by molar-refractivity contribution is 7.67. The van der Waals surface area contributed by atoms with Gasteiger partial charge < -0.3 is 0 Å². The summed E-state index contributed by atoms with van der Waals surface area (Å²) in [5, 5.41) is 3.23. The van der Waals surface area contributed by atoms with Crippen LogP contribution in [-0.2, 0) is 0 Å². The molecular weight excluding hydrogens is 103 g/mol. The predicted octanol–water partition coefficient (Wildman–Crippen LogP) is 0.362. The molecule has 34 valence electrons. The third-order valence-corrected chi connectivity index (χ3v) is 2.56. The van der Waals surface area contributed by atoms with E-state index in [2.05, 4.69) is 24.3 Å². The summed E-state index contributed by atoms with van der Waals surface area (Å²) < 4.78 is 0. The van der Waals surface area contributed by atoms with E-state index in [-0.39, 0.29) is 0 Å². The van der Waals surface area contributed by atoms with E-state index in [0.717, 1.165) is 0 Å². The minimum absolute atomic E-state index is 0.627. The molecule has 0 saturated carbocycles. The first-order valence-corrected chi connectivity index (χ1v) is 3.56. The molecule has 0 bridgehead atoms. The summed E-state index contributed by atoms with van der Waals surface area (Å²) in [6.07, 6.45) is 0. The van der Waals surface area contributed by atoms with Crippen molar-refractivity contribution in [2.75, 3.05) is 0 Å². The van der Waals surface area contributed by atoms with E-state index in [4.69, 9.17) is 0 Å². The van der Waals surface area contributed by atoms with Crippen molar-refractivity contribution in [2.24, 2.45) is 0 Å². The summed E-state index contributed by atoms with van der Waals surface area (Å²) in [5.41, 5.74) is 0. The molecule has 0 N–H and O–H groups in total. The van der Waals surface area contributed by atoms with Crippen molar-refractivity contribution >= 4 is 19.2 Å². The van der Waals surface area contributed by atoms with Crippen LogP contribution in [0.5, 0.6) is 0 Å². The van der Waals surface area contributed by atoms with Gasteiger partial charge >= 0.3 is 0 Å². The van der Waals surface area contributed by atoms with Gasteiger partial charge in [0.1, 0.15) is 10.6 Å². The van der Waals surface area contributed by atoms with Crippen LogP contribution in [-0.4, -0.2) is 0 Å². The molecular formula is C6H6P+. The van der Waals surface area contributed by atoms with E-state index in [1.165, 1.54) is 0 Å². The fourth-order valence-corrected chi connectivity index (χ4v) is 1.61. The van der Waals surface area contributed by atoms with E-state index < -0.39 is 0 Å². The third-order valence-electron chi connectivity index (χ3n) is 1.22. The largest absolute Gasteiger partial charge is 0.136 e. The molecule has 0 nitrogen and oxygen atoms in total. The fourth-order valence-electron chi connectivity index (χ4n) is 0.739. The van der Waals surface area contributed by atoms with Gasteiger partial charge in [0.25, 0.3) is 0 Å². The summed E-state index contributed by atoms with van der Waals surface area (Å²) in [6.45, 7) is 0. The Bertz CT molecular complexity index is 172. The van der Waals surface area contributed by atoms with Crippen molar-refractivity contribution in [3.05, 3.63) is 24.3 Å². The number of rotatable bonds is 0. The van der Waals surface area contributed by atoms with Crippen LogP contribution < -0.4 is 10.6 Å². The lowest BCUT2D eigenvalue weighted by molar-refractivity contribution is 1.87. The van der Waals surface area contributed by atoms with E-state index >= 15 is 0 Å². The predicted molar refractivity (Wildman–Crippen MR) is 35.4 cm³/mol. The standard InChI is InChI=1S/C6H5P/c1-2-4-6-5(3-1)7-6/h1-4,7H/p+1. The zero-order valence-electron chi connectivity index (χ0n) is 3.89. The van der Waals surface area contributed by atoms with Crippen molar-refractivity contribution in [3.63, 3.8) is 0 Å². The second kappa shape index (κ2) is 1.08. The Hall–Kier alpha value is -0.350. The van der Waals surface area contributed by atoms with Crippen molar-refractivity contribution in [1.82, 2.24) is 0 Å². The second-order valence-electron chi connectivity index (χ2n) is 1.77. The number of benzene rings is 1. The maximum atomic E-state index is 2.21. The Morgan fingerprint density at radius 1 is 1.00 bits per heavy atom. The highest BCUT2D eigenvalue weighted by atomic mass is 31.1. The van der Waals surface area contributed by atoms with Gasteiger partial charge in [-0.05, 0) is 12.1 Å². The molecule has 1 aromatic rings. The molecule has 0 fully saturated rings. The zero-order chi connectivity index (χ0) is 4.69. The Morgan fingerprint density at radius 2 is 1.57 bits per heavy atom. The van der Waals surface area contributed by atoms with Gasteiger partial charge in [0, 0.05) is 0 Å². The third kappa shape index (κ3) is 0.470. The molecule has 7 heavy (non-hydrogen) atoms. The highest BCUT2D eigenvalue weighted by Gasteiger charge is 2.24. The van der Waals surface area contributed by atoms with Gasteiger partial charge in [0.05, 0.1) is 8.58 Å². The Morgan fingerprint density at radius 3 is 2.00 bits per heavy atom. The van der Waals surface area contributed by atoms with Gasteiger partial charge in [-0.1, -0.05) is 12.1 Å². The van der Waals surface area contributed by atoms with E-state index in [9.17, 15) is 0 Å². The second-order valence-corrected chi connectivity index (χ2v) is 3.31. The summed E-state index contributed by atoms with van der Waals surface area (Å²) in [6, 6.07) is 8.65. The van der Waals surface area contributed by atoms with Crippen LogP contribution in [0.2, 0.25) is 0 Å². The SMILES string of the molecule is c1ccc2c(c1)[PH2+]2. The van der Waals surface area contributed by atoms with Gasteiger partial charge in [-0.2, -0.15) is 0 Å².